The van der Waals surface area contributed by atoms with Crippen LogP contribution in [0.5, 0.6) is 0 Å². The van der Waals surface area contributed by atoms with Crippen LogP contribution >= 0.6 is 0 Å². The Balaban J connectivity index is 3.40. The van der Waals surface area contributed by atoms with Crippen LogP contribution in [0.4, 0.5) is 13.2 Å². The van der Waals surface area contributed by atoms with Crippen LogP contribution < -0.4 is 5.56 Å². The van der Waals surface area contributed by atoms with E-state index in [-0.39, 0.29) is 13.2 Å². The number of ether oxygens (including phenoxy) is 1. The molecule has 1 aromatic heterocycles. The summed E-state index contributed by atoms with van der Waals surface area (Å²) in [5.74, 6) is -1.48. The number of hydrogen-bond donors (Lipinski definition) is 1. The van der Waals surface area contributed by atoms with Crippen molar-refractivity contribution < 1.29 is 27.8 Å². The Hall–Kier alpha value is -1.83. The summed E-state index contributed by atoms with van der Waals surface area (Å²) in [6.07, 6.45) is -4.82. The van der Waals surface area contributed by atoms with Crippen molar-refractivity contribution in [2.75, 3.05) is 13.7 Å². The van der Waals surface area contributed by atoms with E-state index in [1.807, 2.05) is 0 Å². The zero-order valence-electron chi connectivity index (χ0n) is 9.32. The Morgan fingerprint density at radius 3 is 2.50 bits per heavy atom. The smallest absolute Gasteiger partial charge is 0.421 e. The minimum atomic E-state index is -4.82. The van der Waals surface area contributed by atoms with Gasteiger partial charge in [-0.05, 0) is 12.1 Å². The average molecular weight is 265 g/mol. The van der Waals surface area contributed by atoms with Gasteiger partial charge in [0.2, 0.25) is 0 Å². The molecule has 1 aromatic rings. The third-order valence-corrected chi connectivity index (χ3v) is 2.22. The zero-order chi connectivity index (χ0) is 13.9. The number of nitrogens with zero attached hydrogens (tertiary/aromatic N) is 1. The maximum absolute atomic E-state index is 12.5. The topological polar surface area (TPSA) is 68.5 Å². The Morgan fingerprint density at radius 1 is 1.44 bits per heavy atom. The van der Waals surface area contributed by atoms with Crippen molar-refractivity contribution in [1.29, 1.82) is 0 Å². The summed E-state index contributed by atoms with van der Waals surface area (Å²) in [6, 6.07) is 1.22. The van der Waals surface area contributed by atoms with Gasteiger partial charge in [0.1, 0.15) is 11.3 Å². The van der Waals surface area contributed by atoms with Crippen LogP contribution in [0, 0.1) is 0 Å². The van der Waals surface area contributed by atoms with Crippen LogP contribution in [0.1, 0.15) is 16.1 Å². The number of carboxylic acid groups (broad SMARTS) is 1. The molecule has 5 nitrogen and oxygen atoms in total. The fourth-order valence-electron chi connectivity index (χ4n) is 1.39. The first-order valence-corrected chi connectivity index (χ1v) is 4.82. The minimum Gasteiger partial charge on any atom is -0.477 e. The first-order valence-electron chi connectivity index (χ1n) is 4.82. The number of carboxylic acids is 1. The van der Waals surface area contributed by atoms with Crippen molar-refractivity contribution in [2.24, 2.45) is 0 Å². The van der Waals surface area contributed by atoms with E-state index in [0.29, 0.717) is 10.6 Å². The number of halogens is 3. The predicted octanol–water partition coefficient (Wildman–Crippen LogP) is 1.21. The lowest BCUT2D eigenvalue weighted by Crippen LogP contribution is -2.33. The second kappa shape index (κ2) is 5.21. The molecule has 100 valence electrons. The number of pyridine rings is 1. The summed E-state index contributed by atoms with van der Waals surface area (Å²) in [5, 5.41) is 8.80. The summed E-state index contributed by atoms with van der Waals surface area (Å²) in [4.78, 5) is 22.4. The first-order chi connectivity index (χ1) is 8.29. The molecule has 0 saturated carbocycles. The molecule has 0 unspecified atom stereocenters. The van der Waals surface area contributed by atoms with E-state index in [1.165, 1.54) is 7.11 Å². The van der Waals surface area contributed by atoms with Crippen LogP contribution in [0.3, 0.4) is 0 Å². The zero-order valence-corrected chi connectivity index (χ0v) is 9.32. The maximum Gasteiger partial charge on any atom is 0.421 e. The molecule has 0 aliphatic carbocycles. The van der Waals surface area contributed by atoms with Crippen LogP contribution in [0.25, 0.3) is 0 Å². The van der Waals surface area contributed by atoms with Gasteiger partial charge in [-0.3, -0.25) is 9.36 Å². The molecule has 0 saturated heterocycles. The number of carbonyl (C=O) groups is 1. The second-order valence-corrected chi connectivity index (χ2v) is 3.38. The summed E-state index contributed by atoms with van der Waals surface area (Å²) in [5.41, 5.74) is -3.30. The van der Waals surface area contributed by atoms with Gasteiger partial charge in [-0.1, -0.05) is 0 Å². The molecule has 0 amide bonds. The van der Waals surface area contributed by atoms with Gasteiger partial charge in [0.15, 0.2) is 0 Å². The minimum absolute atomic E-state index is 0.0680. The van der Waals surface area contributed by atoms with E-state index in [2.05, 4.69) is 4.74 Å². The molecule has 0 aromatic carbocycles. The van der Waals surface area contributed by atoms with Crippen LogP contribution in [0.15, 0.2) is 16.9 Å². The molecule has 8 heteroatoms. The molecule has 0 fully saturated rings. The van der Waals surface area contributed by atoms with Crippen molar-refractivity contribution in [1.82, 2.24) is 4.57 Å². The van der Waals surface area contributed by atoms with E-state index < -0.39 is 29.0 Å². The normalized spacial score (nSPS) is 11.6. The van der Waals surface area contributed by atoms with Crippen LogP contribution in [-0.4, -0.2) is 29.4 Å². The first kappa shape index (κ1) is 14.2. The molecule has 0 atom stereocenters. The highest BCUT2D eigenvalue weighted by molar-refractivity contribution is 5.85. The quantitative estimate of drug-likeness (QED) is 0.888. The van der Waals surface area contributed by atoms with Crippen molar-refractivity contribution in [3.63, 3.8) is 0 Å². The Bertz CT molecular complexity index is 507. The summed E-state index contributed by atoms with van der Waals surface area (Å²) in [7, 11) is 1.29. The molecular formula is C10H10F3NO4. The summed E-state index contributed by atoms with van der Waals surface area (Å²) in [6.45, 7) is -0.331. The highest BCUT2D eigenvalue weighted by Crippen LogP contribution is 2.26. The third kappa shape index (κ3) is 2.89. The molecule has 1 N–H and O–H groups in total. The molecule has 0 bridgehead atoms. The monoisotopic (exact) mass is 265 g/mol. The summed E-state index contributed by atoms with van der Waals surface area (Å²) >= 11 is 0. The van der Waals surface area contributed by atoms with E-state index in [9.17, 15) is 22.8 Å². The summed E-state index contributed by atoms with van der Waals surface area (Å²) < 4.78 is 42.6. The Labute approximate surface area is 99.4 Å². The Kier molecular flexibility index (Phi) is 4.12. The fraction of sp³-hybridized carbons (Fsp3) is 0.400. The van der Waals surface area contributed by atoms with Gasteiger partial charge in [0.05, 0.1) is 6.61 Å². The largest absolute Gasteiger partial charge is 0.477 e. The van der Waals surface area contributed by atoms with E-state index in [4.69, 9.17) is 5.11 Å². The maximum atomic E-state index is 12.5. The molecule has 0 spiro atoms. The lowest BCUT2D eigenvalue weighted by Gasteiger charge is -2.13. The number of alkyl halides is 3. The standard InChI is InChI=1S/C10H10F3NO4/c1-18-5-4-14-7(9(16)17)3-2-6(8(14)15)10(11,12)13/h2-3H,4-5H2,1H3,(H,16,17). The second-order valence-electron chi connectivity index (χ2n) is 3.38. The van der Waals surface area contributed by atoms with Gasteiger partial charge < -0.3 is 9.84 Å². The number of hydrogen-bond acceptors (Lipinski definition) is 3. The number of rotatable bonds is 4. The highest BCUT2D eigenvalue weighted by atomic mass is 19.4. The Morgan fingerprint density at radius 2 is 2.06 bits per heavy atom. The van der Waals surface area contributed by atoms with Crippen molar-refractivity contribution in [3.8, 4) is 0 Å². The number of aromatic nitrogens is 1. The SMILES string of the molecule is COCCn1c(C(=O)O)ccc(C(F)(F)F)c1=O. The van der Waals surface area contributed by atoms with Gasteiger partial charge >= 0.3 is 12.1 Å². The predicted molar refractivity (Wildman–Crippen MR) is 54.5 cm³/mol. The van der Waals surface area contributed by atoms with E-state index in [1.54, 1.807) is 0 Å². The molecule has 1 rings (SSSR count). The lowest BCUT2D eigenvalue weighted by molar-refractivity contribution is -0.139. The number of methoxy groups -OCH3 is 1. The third-order valence-electron chi connectivity index (χ3n) is 2.22. The molecule has 0 aliphatic heterocycles. The van der Waals surface area contributed by atoms with Crippen molar-refractivity contribution in [3.05, 3.63) is 33.7 Å². The number of aromatic carboxylic acids is 1. The molecular weight excluding hydrogens is 255 g/mol. The molecule has 1 heterocycles. The van der Waals surface area contributed by atoms with Gasteiger partial charge in [0.25, 0.3) is 5.56 Å². The molecule has 0 radical (unpaired) electrons. The lowest BCUT2D eigenvalue weighted by atomic mass is 10.2. The van der Waals surface area contributed by atoms with Gasteiger partial charge in [-0.2, -0.15) is 13.2 Å². The molecule has 0 aliphatic rings. The van der Waals surface area contributed by atoms with Crippen LogP contribution in [-0.2, 0) is 17.5 Å². The van der Waals surface area contributed by atoms with E-state index >= 15 is 0 Å². The van der Waals surface area contributed by atoms with Crippen molar-refractivity contribution in [2.45, 2.75) is 12.7 Å². The van der Waals surface area contributed by atoms with E-state index in [0.717, 1.165) is 6.07 Å². The fourth-order valence-corrected chi connectivity index (χ4v) is 1.39. The molecule has 18 heavy (non-hydrogen) atoms. The van der Waals surface area contributed by atoms with Gasteiger partial charge in [0, 0.05) is 13.7 Å². The van der Waals surface area contributed by atoms with Crippen LogP contribution in [0.2, 0.25) is 0 Å². The van der Waals surface area contributed by atoms with Gasteiger partial charge in [-0.25, -0.2) is 4.79 Å². The average Bonchev–Trinajstić information content (AvgIpc) is 2.25. The van der Waals surface area contributed by atoms with Gasteiger partial charge in [-0.15, -0.1) is 0 Å². The van der Waals surface area contributed by atoms with Crippen molar-refractivity contribution >= 4 is 5.97 Å². The highest BCUT2D eigenvalue weighted by Gasteiger charge is 2.35.